The first kappa shape index (κ1) is 15.7. The fraction of sp³-hybridized carbons (Fsp3) is 0.500. The Morgan fingerprint density at radius 3 is 2.76 bits per heavy atom. The van der Waals surface area contributed by atoms with Gasteiger partial charge in [-0.15, -0.1) is 0 Å². The van der Waals surface area contributed by atoms with E-state index < -0.39 is 26.7 Å². The quantitative estimate of drug-likeness (QED) is 0.627. The number of nitrogens with zero attached hydrogens (tertiary/aromatic N) is 2. The Morgan fingerprint density at radius 1 is 1.48 bits per heavy atom. The molecular weight excluding hydrogens is 298 g/mol. The third kappa shape index (κ3) is 2.99. The van der Waals surface area contributed by atoms with Crippen molar-refractivity contribution in [3.8, 4) is 0 Å². The van der Waals surface area contributed by atoms with Crippen molar-refractivity contribution in [2.75, 3.05) is 25.5 Å². The van der Waals surface area contributed by atoms with Gasteiger partial charge in [0.15, 0.2) is 4.90 Å². The van der Waals surface area contributed by atoms with Crippen LogP contribution in [-0.4, -0.2) is 49.0 Å². The second-order valence-corrected chi connectivity index (χ2v) is 6.72. The minimum atomic E-state index is -4.01. The number of para-hydroxylation sites is 1. The van der Waals surface area contributed by atoms with Crippen LogP contribution in [0.3, 0.4) is 0 Å². The van der Waals surface area contributed by atoms with E-state index >= 15 is 0 Å². The van der Waals surface area contributed by atoms with Gasteiger partial charge >= 0.3 is 5.69 Å². The highest BCUT2D eigenvalue weighted by atomic mass is 32.2. The molecule has 0 bridgehead atoms. The summed E-state index contributed by atoms with van der Waals surface area (Å²) >= 11 is 0. The Labute approximate surface area is 122 Å². The van der Waals surface area contributed by atoms with Crippen LogP contribution in [-0.2, 0) is 10.0 Å². The van der Waals surface area contributed by atoms with Crippen molar-refractivity contribution < 1.29 is 18.4 Å². The van der Waals surface area contributed by atoms with Gasteiger partial charge in [0.25, 0.3) is 0 Å². The Kier molecular flexibility index (Phi) is 4.45. The highest BCUT2D eigenvalue weighted by Gasteiger charge is 2.35. The van der Waals surface area contributed by atoms with E-state index in [4.69, 9.17) is 0 Å². The van der Waals surface area contributed by atoms with Crippen LogP contribution in [0.4, 0.5) is 11.4 Å². The lowest BCUT2D eigenvalue weighted by Crippen LogP contribution is -2.42. The third-order valence-electron chi connectivity index (χ3n) is 3.43. The molecule has 1 aromatic carbocycles. The topological polar surface area (TPSA) is 113 Å². The van der Waals surface area contributed by atoms with Crippen LogP contribution in [0.2, 0.25) is 0 Å². The summed E-state index contributed by atoms with van der Waals surface area (Å²) in [5, 5.41) is 23.5. The summed E-state index contributed by atoms with van der Waals surface area (Å²) in [5.41, 5.74) is -0.335. The number of piperidine rings is 1. The highest BCUT2D eigenvalue weighted by molar-refractivity contribution is 7.89. The van der Waals surface area contributed by atoms with E-state index in [0.29, 0.717) is 12.8 Å². The summed E-state index contributed by atoms with van der Waals surface area (Å²) in [4.78, 5) is 10.2. The van der Waals surface area contributed by atoms with Gasteiger partial charge in [-0.05, 0) is 25.0 Å². The predicted molar refractivity (Wildman–Crippen MR) is 76.6 cm³/mol. The van der Waals surface area contributed by atoms with Crippen LogP contribution in [0.15, 0.2) is 23.1 Å². The summed E-state index contributed by atoms with van der Waals surface area (Å²) < 4.78 is 26.3. The molecular formula is C12H17N3O5S. The van der Waals surface area contributed by atoms with E-state index in [1.165, 1.54) is 25.2 Å². The smallest absolute Gasteiger partial charge is 0.312 e. The van der Waals surface area contributed by atoms with E-state index in [1.54, 1.807) is 0 Å². The molecule has 1 saturated heterocycles. The van der Waals surface area contributed by atoms with Gasteiger partial charge in [0.05, 0.1) is 11.0 Å². The number of sulfonamides is 1. The van der Waals surface area contributed by atoms with Crippen molar-refractivity contribution in [1.82, 2.24) is 4.31 Å². The molecule has 116 valence electrons. The first-order valence-corrected chi connectivity index (χ1v) is 7.95. The Hall–Kier alpha value is -1.71. The molecule has 1 aromatic rings. The number of nitro groups is 1. The first-order valence-electron chi connectivity index (χ1n) is 6.51. The van der Waals surface area contributed by atoms with Crippen LogP contribution in [0.1, 0.15) is 12.8 Å². The molecule has 1 heterocycles. The normalized spacial score (nSPS) is 20.2. The lowest BCUT2D eigenvalue weighted by Gasteiger charge is -2.29. The van der Waals surface area contributed by atoms with E-state index in [2.05, 4.69) is 5.32 Å². The number of nitrogens with one attached hydrogen (secondary N) is 1. The SMILES string of the molecule is CNc1cccc(S(=O)(=O)N2CCCC(O)C2)c1[N+](=O)[O-]. The number of hydrogen-bond donors (Lipinski definition) is 2. The standard InChI is InChI=1S/C12H17N3O5S/c1-13-10-5-2-6-11(12(10)15(17)18)21(19,20)14-7-3-4-9(16)8-14/h2,5-6,9,13,16H,3-4,7-8H2,1H3. The summed E-state index contributed by atoms with van der Waals surface area (Å²) in [5.74, 6) is 0. The Morgan fingerprint density at radius 2 is 2.19 bits per heavy atom. The molecule has 2 rings (SSSR count). The number of aliphatic hydroxyl groups excluding tert-OH is 1. The zero-order valence-corrected chi connectivity index (χ0v) is 12.3. The summed E-state index contributed by atoms with van der Waals surface area (Å²) in [7, 11) is -2.52. The van der Waals surface area contributed by atoms with Crippen molar-refractivity contribution in [2.24, 2.45) is 0 Å². The lowest BCUT2D eigenvalue weighted by atomic mass is 10.1. The van der Waals surface area contributed by atoms with Crippen LogP contribution < -0.4 is 5.32 Å². The molecule has 0 spiro atoms. The molecule has 0 saturated carbocycles. The molecule has 0 aromatic heterocycles. The number of rotatable bonds is 4. The third-order valence-corrected chi connectivity index (χ3v) is 5.32. The summed E-state index contributed by atoms with van der Waals surface area (Å²) in [6, 6.07) is 4.11. The average Bonchev–Trinajstić information content (AvgIpc) is 2.46. The molecule has 0 radical (unpaired) electrons. The number of anilines is 1. The molecule has 21 heavy (non-hydrogen) atoms. The van der Waals surface area contributed by atoms with Gasteiger partial charge in [-0.1, -0.05) is 6.07 Å². The molecule has 2 N–H and O–H groups in total. The van der Waals surface area contributed by atoms with Crippen molar-refractivity contribution in [1.29, 1.82) is 0 Å². The second kappa shape index (κ2) is 5.96. The molecule has 0 aliphatic carbocycles. The lowest BCUT2D eigenvalue weighted by molar-refractivity contribution is -0.386. The highest BCUT2D eigenvalue weighted by Crippen LogP contribution is 2.34. The van der Waals surface area contributed by atoms with Gasteiger partial charge in [0, 0.05) is 20.1 Å². The van der Waals surface area contributed by atoms with Crippen molar-refractivity contribution in [2.45, 2.75) is 23.8 Å². The molecule has 1 atom stereocenters. The predicted octanol–water partition coefficient (Wildman–Crippen LogP) is 0.782. The largest absolute Gasteiger partial charge is 0.392 e. The minimum Gasteiger partial charge on any atom is -0.392 e. The molecule has 0 amide bonds. The maximum absolute atomic E-state index is 12.6. The zero-order valence-electron chi connectivity index (χ0n) is 11.5. The Bertz CT molecular complexity index is 646. The monoisotopic (exact) mass is 315 g/mol. The fourth-order valence-electron chi connectivity index (χ4n) is 2.40. The van der Waals surface area contributed by atoms with Crippen LogP contribution in [0.5, 0.6) is 0 Å². The van der Waals surface area contributed by atoms with E-state index in [1.807, 2.05) is 0 Å². The Balaban J connectivity index is 2.52. The second-order valence-electron chi connectivity index (χ2n) is 4.82. The molecule has 1 aliphatic heterocycles. The van der Waals surface area contributed by atoms with E-state index in [9.17, 15) is 23.6 Å². The molecule has 1 fully saturated rings. The van der Waals surface area contributed by atoms with Gasteiger partial charge in [-0.3, -0.25) is 10.1 Å². The number of β-amino-alcohol motifs (C(OH)–C–C–N with tert-alkyl or cyclic N) is 1. The van der Waals surface area contributed by atoms with Gasteiger partial charge < -0.3 is 10.4 Å². The maximum atomic E-state index is 12.6. The zero-order chi connectivity index (χ0) is 15.6. The molecule has 9 heteroatoms. The van der Waals surface area contributed by atoms with Gasteiger partial charge in [0.1, 0.15) is 5.69 Å². The number of aliphatic hydroxyl groups is 1. The number of benzene rings is 1. The molecule has 1 unspecified atom stereocenters. The average molecular weight is 315 g/mol. The van der Waals surface area contributed by atoms with Crippen molar-refractivity contribution in [3.05, 3.63) is 28.3 Å². The van der Waals surface area contributed by atoms with Crippen molar-refractivity contribution in [3.63, 3.8) is 0 Å². The van der Waals surface area contributed by atoms with E-state index in [-0.39, 0.29) is 23.7 Å². The van der Waals surface area contributed by atoms with Gasteiger partial charge in [0.2, 0.25) is 10.0 Å². The molecule has 1 aliphatic rings. The summed E-state index contributed by atoms with van der Waals surface area (Å²) in [6.07, 6.45) is 0.324. The maximum Gasteiger partial charge on any atom is 0.312 e. The molecule has 8 nitrogen and oxygen atoms in total. The van der Waals surface area contributed by atoms with Crippen LogP contribution >= 0.6 is 0 Å². The van der Waals surface area contributed by atoms with Crippen LogP contribution in [0, 0.1) is 10.1 Å². The fourth-order valence-corrected chi connectivity index (χ4v) is 4.09. The van der Waals surface area contributed by atoms with Gasteiger partial charge in [-0.25, -0.2) is 8.42 Å². The van der Waals surface area contributed by atoms with Gasteiger partial charge in [-0.2, -0.15) is 4.31 Å². The van der Waals surface area contributed by atoms with E-state index in [0.717, 1.165) is 4.31 Å². The summed E-state index contributed by atoms with van der Waals surface area (Å²) in [6.45, 7) is 0.212. The first-order chi connectivity index (χ1) is 9.87. The number of hydrogen-bond acceptors (Lipinski definition) is 6. The van der Waals surface area contributed by atoms with Crippen LogP contribution in [0.25, 0.3) is 0 Å². The van der Waals surface area contributed by atoms with Crippen molar-refractivity contribution >= 4 is 21.4 Å². The minimum absolute atomic E-state index is 0.0384. The number of nitro benzene ring substituents is 1.